The number of nitrogens with two attached hydrogens (primary N) is 1. The number of nitroso groups, excluding NO2 is 1. The summed E-state index contributed by atoms with van der Waals surface area (Å²) in [7, 11) is 1.16. The van der Waals surface area contributed by atoms with Gasteiger partial charge >= 0.3 is 5.97 Å². The van der Waals surface area contributed by atoms with Crippen LogP contribution in [-0.2, 0) is 20.7 Å². The number of methoxy groups -OCH3 is 1. The number of carbonyl (C=O) groups is 4. The fourth-order valence-electron chi connectivity index (χ4n) is 5.00. The number of allylic oxidation sites excluding steroid dienone is 2. The lowest BCUT2D eigenvalue weighted by Gasteiger charge is -2.45. The third kappa shape index (κ3) is 2.64. The van der Waals surface area contributed by atoms with Crippen LogP contribution in [0.2, 0.25) is 0 Å². The Morgan fingerprint density at radius 1 is 1.22 bits per heavy atom. The number of fused-ring (bicyclic) bond motifs is 3. The number of phenolic OH excluding ortho intramolecular Hbond substituents is 1. The molecule has 11 nitrogen and oxygen atoms in total. The summed E-state index contributed by atoms with van der Waals surface area (Å²) in [5.41, 5.74) is 0.947. The third-order valence-electron chi connectivity index (χ3n) is 6.46. The van der Waals surface area contributed by atoms with Gasteiger partial charge in [-0.05, 0) is 41.6 Å². The number of nitrogens with zero attached hydrogens (tertiary/aromatic N) is 1. The Morgan fingerprint density at radius 3 is 2.50 bits per heavy atom. The second-order valence-corrected chi connectivity index (χ2v) is 7.98. The number of benzene rings is 1. The fraction of sp³-hybridized carbons (Fsp3) is 0.333. The number of carbonyl (C=O) groups excluding carboxylic acids is 4. The predicted molar refractivity (Wildman–Crippen MR) is 105 cm³/mol. The van der Waals surface area contributed by atoms with Gasteiger partial charge in [0.1, 0.15) is 22.8 Å². The van der Waals surface area contributed by atoms with Crippen molar-refractivity contribution in [1.29, 1.82) is 0 Å². The Hall–Kier alpha value is -3.86. The Labute approximate surface area is 180 Å². The van der Waals surface area contributed by atoms with Crippen LogP contribution in [0.25, 0.3) is 0 Å². The molecule has 1 amide bonds. The van der Waals surface area contributed by atoms with Gasteiger partial charge in [-0.2, -0.15) is 0 Å². The van der Waals surface area contributed by atoms with Crippen LogP contribution in [0.1, 0.15) is 39.1 Å². The van der Waals surface area contributed by atoms with Gasteiger partial charge in [-0.15, -0.1) is 4.91 Å². The van der Waals surface area contributed by atoms with E-state index in [1.165, 1.54) is 6.07 Å². The summed E-state index contributed by atoms with van der Waals surface area (Å²) in [6.45, 7) is 0. The van der Waals surface area contributed by atoms with E-state index in [-0.39, 0.29) is 41.5 Å². The lowest BCUT2D eigenvalue weighted by Crippen LogP contribution is -2.57. The van der Waals surface area contributed by atoms with Crippen LogP contribution in [0.4, 0.5) is 0 Å². The van der Waals surface area contributed by atoms with Gasteiger partial charge in [0.15, 0.2) is 11.4 Å². The molecule has 3 atom stereocenters. The second kappa shape index (κ2) is 7.09. The molecule has 3 aliphatic rings. The summed E-state index contributed by atoms with van der Waals surface area (Å²) >= 11 is 0. The van der Waals surface area contributed by atoms with Crippen LogP contribution in [0.15, 0.2) is 39.9 Å². The number of primary amides is 1. The molecule has 1 aromatic carbocycles. The standard InChI is InChI=1S/C21H18N2O9/c1-32-20(29)9-2-3-12(24)14-10(9)5-7-4-8-6-11(23-31)15(19(22)28)18(27)21(8,30)17(26)13(7)16(14)25/h2-3,7-8,24,26,30H,4-6H2,1H3,(H2,22,28)/t7-,8+,21+/m1/s1. The Balaban J connectivity index is 1.93. The maximum atomic E-state index is 13.3. The molecular weight excluding hydrogens is 424 g/mol. The number of hydrogen-bond acceptors (Lipinski definition) is 10. The highest BCUT2D eigenvalue weighted by atomic mass is 16.5. The van der Waals surface area contributed by atoms with Gasteiger partial charge in [0.05, 0.1) is 18.2 Å². The zero-order valence-corrected chi connectivity index (χ0v) is 16.7. The fourth-order valence-corrected chi connectivity index (χ4v) is 5.00. The molecule has 32 heavy (non-hydrogen) atoms. The number of hydrogen-bond donors (Lipinski definition) is 4. The van der Waals surface area contributed by atoms with Crippen molar-refractivity contribution < 1.29 is 39.2 Å². The quantitative estimate of drug-likeness (QED) is 0.294. The highest BCUT2D eigenvalue weighted by molar-refractivity contribution is 6.24. The summed E-state index contributed by atoms with van der Waals surface area (Å²) in [5, 5.41) is 35.1. The Bertz CT molecular complexity index is 1200. The number of ketones is 2. The zero-order chi connectivity index (χ0) is 23.5. The summed E-state index contributed by atoms with van der Waals surface area (Å²) in [5.74, 6) is -7.46. The van der Waals surface area contributed by atoms with Crippen molar-refractivity contribution in [3.8, 4) is 5.75 Å². The van der Waals surface area contributed by atoms with Gasteiger partial charge in [-0.25, -0.2) is 4.79 Å². The lowest BCUT2D eigenvalue weighted by molar-refractivity contribution is -0.143. The monoisotopic (exact) mass is 442 g/mol. The first-order valence-corrected chi connectivity index (χ1v) is 9.62. The van der Waals surface area contributed by atoms with Crippen molar-refractivity contribution in [3.05, 3.63) is 56.3 Å². The number of esters is 1. The van der Waals surface area contributed by atoms with E-state index in [0.29, 0.717) is 0 Å². The summed E-state index contributed by atoms with van der Waals surface area (Å²) in [6.07, 6.45) is -0.368. The molecule has 0 saturated carbocycles. The van der Waals surface area contributed by atoms with Crippen molar-refractivity contribution >= 4 is 23.4 Å². The van der Waals surface area contributed by atoms with Gasteiger partial charge in [0, 0.05) is 17.9 Å². The molecule has 0 aliphatic heterocycles. The highest BCUT2D eigenvalue weighted by Gasteiger charge is 2.59. The number of aromatic hydroxyl groups is 1. The van der Waals surface area contributed by atoms with Crippen LogP contribution < -0.4 is 5.73 Å². The molecule has 11 heteroatoms. The van der Waals surface area contributed by atoms with E-state index >= 15 is 0 Å². The van der Waals surface area contributed by atoms with Crippen LogP contribution >= 0.6 is 0 Å². The molecule has 0 aromatic heterocycles. The minimum absolute atomic E-state index is 0.0102. The first-order chi connectivity index (χ1) is 15.1. The molecule has 3 aliphatic carbocycles. The molecule has 0 fully saturated rings. The van der Waals surface area contributed by atoms with Gasteiger partial charge < -0.3 is 25.8 Å². The maximum Gasteiger partial charge on any atom is 0.338 e. The third-order valence-corrected chi connectivity index (χ3v) is 6.46. The number of Topliss-reactive ketones (excluding diaryl/α,β-unsaturated/α-hetero) is 2. The number of ether oxygens (including phenoxy) is 1. The highest BCUT2D eigenvalue weighted by Crippen LogP contribution is 2.52. The predicted octanol–water partition coefficient (Wildman–Crippen LogP) is 0.576. The first kappa shape index (κ1) is 21.4. The molecular formula is C21H18N2O9. The van der Waals surface area contributed by atoms with E-state index < -0.39 is 63.7 Å². The molecule has 4 rings (SSSR count). The van der Waals surface area contributed by atoms with Crippen molar-refractivity contribution in [2.75, 3.05) is 7.11 Å². The minimum Gasteiger partial charge on any atom is -0.508 e. The van der Waals surface area contributed by atoms with Crippen LogP contribution in [-0.4, -0.2) is 51.5 Å². The van der Waals surface area contributed by atoms with E-state index in [0.717, 1.165) is 13.2 Å². The number of aliphatic hydroxyl groups excluding tert-OH is 1. The van der Waals surface area contributed by atoms with Gasteiger partial charge in [0.25, 0.3) is 5.91 Å². The smallest absolute Gasteiger partial charge is 0.338 e. The van der Waals surface area contributed by atoms with E-state index in [9.17, 15) is 39.4 Å². The van der Waals surface area contributed by atoms with Gasteiger partial charge in [-0.3, -0.25) is 14.4 Å². The second-order valence-electron chi connectivity index (χ2n) is 7.98. The summed E-state index contributed by atoms with van der Waals surface area (Å²) in [4.78, 5) is 61.4. The Kier molecular flexibility index (Phi) is 4.74. The van der Waals surface area contributed by atoms with Gasteiger partial charge in [-0.1, -0.05) is 0 Å². The van der Waals surface area contributed by atoms with Crippen molar-refractivity contribution in [1.82, 2.24) is 0 Å². The lowest BCUT2D eigenvalue weighted by atomic mass is 9.60. The molecule has 0 bridgehead atoms. The van der Waals surface area contributed by atoms with E-state index in [1.807, 2.05) is 0 Å². The largest absolute Gasteiger partial charge is 0.508 e. The topological polar surface area (TPSA) is 194 Å². The summed E-state index contributed by atoms with van der Waals surface area (Å²) < 4.78 is 4.74. The average molecular weight is 442 g/mol. The van der Waals surface area contributed by atoms with E-state index in [4.69, 9.17) is 10.5 Å². The molecule has 0 spiro atoms. The van der Waals surface area contributed by atoms with E-state index in [1.54, 1.807) is 0 Å². The van der Waals surface area contributed by atoms with Crippen LogP contribution in [0.5, 0.6) is 5.75 Å². The molecule has 1 aromatic rings. The van der Waals surface area contributed by atoms with Crippen molar-refractivity contribution in [2.24, 2.45) is 22.7 Å². The molecule has 0 radical (unpaired) electrons. The Morgan fingerprint density at radius 2 is 1.91 bits per heavy atom. The molecule has 0 heterocycles. The van der Waals surface area contributed by atoms with Gasteiger partial charge in [0.2, 0.25) is 5.78 Å². The molecule has 5 N–H and O–H groups in total. The van der Waals surface area contributed by atoms with E-state index in [2.05, 4.69) is 5.18 Å². The maximum absolute atomic E-state index is 13.3. The minimum atomic E-state index is -2.66. The first-order valence-electron chi connectivity index (χ1n) is 9.62. The number of aliphatic hydroxyl groups is 2. The SMILES string of the molecule is COC(=O)c1ccc(O)c2c1C[C@H]1C[C@H]3CC(N=O)=C(C(N)=O)C(=O)[C@@]3(O)C(O)=C1C2=O. The van der Waals surface area contributed by atoms with Crippen molar-refractivity contribution in [3.63, 3.8) is 0 Å². The number of amides is 1. The molecule has 0 unspecified atom stereocenters. The van der Waals surface area contributed by atoms with Crippen LogP contribution in [0, 0.1) is 16.7 Å². The number of rotatable bonds is 3. The van der Waals surface area contributed by atoms with Crippen molar-refractivity contribution in [2.45, 2.75) is 24.9 Å². The summed E-state index contributed by atoms with van der Waals surface area (Å²) in [6, 6.07) is 2.43. The zero-order valence-electron chi connectivity index (χ0n) is 16.7. The normalized spacial score (nSPS) is 26.8. The average Bonchev–Trinajstić information content (AvgIpc) is 2.74. The number of phenols is 1. The van der Waals surface area contributed by atoms with Crippen LogP contribution in [0.3, 0.4) is 0 Å². The molecule has 0 saturated heterocycles. The molecule has 166 valence electrons.